The number of morpholine rings is 1. The average molecular weight is 282 g/mol. The van der Waals surface area contributed by atoms with Crippen LogP contribution in [0, 0.1) is 11.3 Å². The van der Waals surface area contributed by atoms with Gasteiger partial charge in [-0.3, -0.25) is 4.90 Å². The van der Waals surface area contributed by atoms with Gasteiger partial charge in [-0.25, -0.2) is 0 Å². The molecule has 1 aliphatic carbocycles. The highest BCUT2D eigenvalue weighted by atomic mass is 16.5. The largest absolute Gasteiger partial charge is 0.379 e. The molecule has 2 rings (SSSR count). The minimum atomic E-state index is 0.233. The lowest BCUT2D eigenvalue weighted by molar-refractivity contribution is -0.0119. The van der Waals surface area contributed by atoms with Gasteiger partial charge < -0.3 is 10.1 Å². The standard InChI is InChI=1S/C17H34N2O/c1-14-12-16(2,3)7-6-15(14)18-13-17(4,5)19-8-10-20-11-9-19/h14-15,18H,6-13H2,1-5H3. The van der Waals surface area contributed by atoms with Gasteiger partial charge in [-0.1, -0.05) is 20.8 Å². The lowest BCUT2D eigenvalue weighted by Crippen LogP contribution is -2.57. The summed E-state index contributed by atoms with van der Waals surface area (Å²) in [5.41, 5.74) is 0.772. The SMILES string of the molecule is CC1CC(C)(C)CCC1NCC(C)(C)N1CCOCC1. The second-order valence-electron chi connectivity index (χ2n) is 8.28. The summed E-state index contributed by atoms with van der Waals surface area (Å²) >= 11 is 0. The van der Waals surface area contributed by atoms with Crippen LogP contribution < -0.4 is 5.32 Å². The molecule has 0 radical (unpaired) electrons. The van der Waals surface area contributed by atoms with E-state index in [2.05, 4.69) is 44.8 Å². The van der Waals surface area contributed by atoms with E-state index in [-0.39, 0.29) is 5.54 Å². The van der Waals surface area contributed by atoms with Gasteiger partial charge in [0, 0.05) is 31.2 Å². The van der Waals surface area contributed by atoms with E-state index in [1.54, 1.807) is 0 Å². The molecular weight excluding hydrogens is 248 g/mol. The third kappa shape index (κ3) is 4.19. The van der Waals surface area contributed by atoms with Gasteiger partial charge in [0.1, 0.15) is 0 Å². The van der Waals surface area contributed by atoms with Crippen molar-refractivity contribution in [3.8, 4) is 0 Å². The molecule has 1 saturated carbocycles. The van der Waals surface area contributed by atoms with Crippen LogP contribution in [-0.4, -0.2) is 49.3 Å². The fourth-order valence-electron chi connectivity index (χ4n) is 3.91. The van der Waals surface area contributed by atoms with E-state index in [0.29, 0.717) is 11.5 Å². The predicted octanol–water partition coefficient (Wildman–Crippen LogP) is 2.90. The number of nitrogens with one attached hydrogen (secondary N) is 1. The first-order valence-corrected chi connectivity index (χ1v) is 8.36. The molecule has 0 aromatic carbocycles. The zero-order valence-corrected chi connectivity index (χ0v) is 14.2. The maximum atomic E-state index is 5.47. The highest BCUT2D eigenvalue weighted by Gasteiger charge is 2.34. The molecule has 3 nitrogen and oxygen atoms in total. The molecule has 1 heterocycles. The summed E-state index contributed by atoms with van der Waals surface area (Å²) in [6, 6.07) is 0.698. The van der Waals surface area contributed by atoms with Crippen LogP contribution in [0.1, 0.15) is 53.9 Å². The van der Waals surface area contributed by atoms with Gasteiger partial charge in [0.2, 0.25) is 0 Å². The minimum absolute atomic E-state index is 0.233. The summed E-state index contributed by atoms with van der Waals surface area (Å²) in [6.45, 7) is 17.0. The summed E-state index contributed by atoms with van der Waals surface area (Å²) < 4.78 is 5.47. The van der Waals surface area contributed by atoms with Gasteiger partial charge in [-0.15, -0.1) is 0 Å². The fourth-order valence-corrected chi connectivity index (χ4v) is 3.91. The Bertz CT molecular complexity index is 308. The van der Waals surface area contributed by atoms with Gasteiger partial charge in [-0.2, -0.15) is 0 Å². The van der Waals surface area contributed by atoms with Crippen molar-refractivity contribution in [2.24, 2.45) is 11.3 Å². The highest BCUT2D eigenvalue weighted by molar-refractivity contribution is 4.91. The van der Waals surface area contributed by atoms with Crippen molar-refractivity contribution < 1.29 is 4.74 Å². The molecule has 2 aliphatic rings. The van der Waals surface area contributed by atoms with E-state index >= 15 is 0 Å². The third-order valence-corrected chi connectivity index (χ3v) is 5.36. The van der Waals surface area contributed by atoms with Crippen LogP contribution in [0.25, 0.3) is 0 Å². The molecule has 0 aromatic rings. The monoisotopic (exact) mass is 282 g/mol. The van der Waals surface area contributed by atoms with Crippen molar-refractivity contribution in [1.29, 1.82) is 0 Å². The molecule has 3 heteroatoms. The van der Waals surface area contributed by atoms with E-state index < -0.39 is 0 Å². The second-order valence-corrected chi connectivity index (χ2v) is 8.28. The molecule has 20 heavy (non-hydrogen) atoms. The van der Waals surface area contributed by atoms with E-state index in [0.717, 1.165) is 38.8 Å². The maximum absolute atomic E-state index is 5.47. The van der Waals surface area contributed by atoms with Crippen molar-refractivity contribution in [2.75, 3.05) is 32.8 Å². The first kappa shape index (κ1) is 16.3. The van der Waals surface area contributed by atoms with Crippen LogP contribution in [0.2, 0.25) is 0 Å². The molecule has 1 saturated heterocycles. The average Bonchev–Trinajstić information content (AvgIpc) is 2.38. The van der Waals surface area contributed by atoms with Gasteiger partial charge >= 0.3 is 0 Å². The molecule has 1 N–H and O–H groups in total. The van der Waals surface area contributed by atoms with Crippen molar-refractivity contribution in [3.05, 3.63) is 0 Å². The van der Waals surface area contributed by atoms with Crippen LogP contribution in [0.15, 0.2) is 0 Å². The Morgan fingerprint density at radius 2 is 1.90 bits per heavy atom. The maximum Gasteiger partial charge on any atom is 0.0594 e. The Morgan fingerprint density at radius 1 is 1.25 bits per heavy atom. The number of rotatable bonds is 4. The number of hydrogen-bond donors (Lipinski definition) is 1. The Hall–Kier alpha value is -0.120. The molecule has 0 aromatic heterocycles. The predicted molar refractivity (Wildman–Crippen MR) is 85.1 cm³/mol. The first-order valence-electron chi connectivity index (χ1n) is 8.36. The normalized spacial score (nSPS) is 32.2. The Labute approximate surface area is 125 Å². The molecule has 2 unspecified atom stereocenters. The number of nitrogens with zero attached hydrogens (tertiary/aromatic N) is 1. The molecular formula is C17H34N2O. The molecule has 0 bridgehead atoms. The smallest absolute Gasteiger partial charge is 0.0594 e. The van der Waals surface area contributed by atoms with Gasteiger partial charge in [-0.05, 0) is 44.4 Å². The molecule has 1 aliphatic heterocycles. The molecule has 0 amide bonds. The highest BCUT2D eigenvalue weighted by Crippen LogP contribution is 2.38. The topological polar surface area (TPSA) is 24.5 Å². The van der Waals surface area contributed by atoms with Crippen LogP contribution >= 0.6 is 0 Å². The molecule has 118 valence electrons. The van der Waals surface area contributed by atoms with E-state index in [4.69, 9.17) is 4.74 Å². The van der Waals surface area contributed by atoms with E-state index in [1.807, 2.05) is 0 Å². The van der Waals surface area contributed by atoms with Crippen molar-refractivity contribution in [2.45, 2.75) is 65.5 Å². The van der Waals surface area contributed by atoms with Crippen molar-refractivity contribution in [3.63, 3.8) is 0 Å². The zero-order valence-electron chi connectivity index (χ0n) is 14.2. The Morgan fingerprint density at radius 3 is 2.50 bits per heavy atom. The van der Waals surface area contributed by atoms with Gasteiger partial charge in [0.25, 0.3) is 0 Å². The van der Waals surface area contributed by atoms with Crippen molar-refractivity contribution >= 4 is 0 Å². The summed E-state index contributed by atoms with van der Waals surface area (Å²) in [6.07, 6.45) is 4.03. The molecule has 0 spiro atoms. The van der Waals surface area contributed by atoms with Gasteiger partial charge in [0.15, 0.2) is 0 Å². The van der Waals surface area contributed by atoms with Crippen LogP contribution in [0.4, 0.5) is 0 Å². The van der Waals surface area contributed by atoms with E-state index in [1.165, 1.54) is 19.3 Å². The zero-order chi connectivity index (χ0) is 14.8. The Kier molecular flexibility index (Phi) is 5.14. The fraction of sp³-hybridized carbons (Fsp3) is 1.00. The second kappa shape index (κ2) is 6.33. The Balaban J connectivity index is 1.82. The summed E-state index contributed by atoms with van der Waals surface area (Å²) in [7, 11) is 0. The third-order valence-electron chi connectivity index (χ3n) is 5.36. The number of ether oxygens (including phenoxy) is 1. The number of hydrogen-bond acceptors (Lipinski definition) is 3. The summed E-state index contributed by atoms with van der Waals surface area (Å²) in [5, 5.41) is 3.86. The quantitative estimate of drug-likeness (QED) is 0.858. The lowest BCUT2D eigenvalue weighted by Gasteiger charge is -2.44. The van der Waals surface area contributed by atoms with E-state index in [9.17, 15) is 0 Å². The molecule has 2 atom stereocenters. The lowest BCUT2D eigenvalue weighted by atomic mass is 9.70. The van der Waals surface area contributed by atoms with Crippen LogP contribution in [0.5, 0.6) is 0 Å². The van der Waals surface area contributed by atoms with Crippen LogP contribution in [-0.2, 0) is 4.74 Å². The summed E-state index contributed by atoms with van der Waals surface area (Å²) in [4.78, 5) is 2.57. The van der Waals surface area contributed by atoms with Crippen LogP contribution in [0.3, 0.4) is 0 Å². The van der Waals surface area contributed by atoms with Gasteiger partial charge in [0.05, 0.1) is 13.2 Å². The summed E-state index contributed by atoms with van der Waals surface area (Å²) in [5.74, 6) is 0.791. The first-order chi connectivity index (χ1) is 9.30. The van der Waals surface area contributed by atoms with Crippen molar-refractivity contribution in [1.82, 2.24) is 10.2 Å². The molecule has 2 fully saturated rings. The minimum Gasteiger partial charge on any atom is -0.379 e.